The van der Waals surface area contributed by atoms with Gasteiger partial charge in [0.2, 0.25) is 0 Å². The number of amides is 1. The van der Waals surface area contributed by atoms with E-state index in [9.17, 15) is 4.79 Å². The molecule has 2 N–H and O–H groups in total. The number of aromatic hydroxyl groups is 1. The number of phenols is 1. The fourth-order valence-corrected chi connectivity index (χ4v) is 0.729. The van der Waals surface area contributed by atoms with E-state index in [2.05, 4.69) is 5.32 Å². The summed E-state index contributed by atoms with van der Waals surface area (Å²) in [7, 11) is 0. The summed E-state index contributed by atoms with van der Waals surface area (Å²) in [5, 5.41) is 11.4. The number of rotatable bonds is 2. The van der Waals surface area contributed by atoms with Crippen LogP contribution in [0.3, 0.4) is 0 Å². The third kappa shape index (κ3) is 4.20. The molecule has 0 aliphatic carbocycles. The van der Waals surface area contributed by atoms with Crippen LogP contribution in [0.1, 0.15) is 0 Å². The molecule has 0 heterocycles. The number of benzene rings is 1. The second-order valence-corrected chi connectivity index (χ2v) is 2.20. The molecule has 3 nitrogen and oxygen atoms in total. The van der Waals surface area contributed by atoms with Crippen molar-refractivity contribution >= 4 is 11.6 Å². The summed E-state index contributed by atoms with van der Waals surface area (Å²) < 4.78 is 0. The number of carbonyl (C=O) groups is 1. The second kappa shape index (κ2) is 5.89. The van der Waals surface area contributed by atoms with Crippen molar-refractivity contribution in [1.82, 2.24) is 0 Å². The zero-order chi connectivity index (χ0) is 8.97. The number of anilines is 1. The Morgan fingerprint density at radius 2 is 1.92 bits per heavy atom. The van der Waals surface area contributed by atoms with Crippen LogP contribution in [0.25, 0.3) is 0 Å². The average Bonchev–Trinajstić information content (AvgIpc) is 2.09. The van der Waals surface area contributed by atoms with Crippen LogP contribution in [-0.2, 0) is 37.5 Å². The molecule has 0 atom stereocenters. The van der Waals surface area contributed by atoms with E-state index in [1.807, 2.05) is 0 Å². The van der Waals surface area contributed by atoms with E-state index in [0.717, 1.165) is 6.08 Å². The topological polar surface area (TPSA) is 49.3 Å². The van der Waals surface area contributed by atoms with Gasteiger partial charge in [-0.2, -0.15) is 6.08 Å². The number of phenolic OH excluding ortho intramolecular Hbond substituents is 1. The van der Waals surface area contributed by atoms with Crippen LogP contribution in [0.4, 0.5) is 5.69 Å². The van der Waals surface area contributed by atoms with Gasteiger partial charge < -0.3 is 15.2 Å². The third-order valence-electron chi connectivity index (χ3n) is 1.29. The molecule has 1 aromatic rings. The number of nitrogens with one attached hydrogen (secondary N) is 1. The van der Waals surface area contributed by atoms with Gasteiger partial charge in [0, 0.05) is 38.4 Å². The molecule has 1 radical (unpaired) electrons. The second-order valence-electron chi connectivity index (χ2n) is 2.20. The van der Waals surface area contributed by atoms with Crippen LogP contribution >= 0.6 is 0 Å². The van der Waals surface area contributed by atoms with E-state index in [-0.39, 0.29) is 44.4 Å². The van der Waals surface area contributed by atoms with Crippen molar-refractivity contribution in [3.63, 3.8) is 0 Å². The first-order chi connectivity index (χ1) is 5.72. The largest absolute Gasteiger partial charge is 0.508 e. The molecule has 4 heteroatoms. The Balaban J connectivity index is 0.00000144. The summed E-state index contributed by atoms with van der Waals surface area (Å²) in [5.41, 5.74) is 0.597. The molecule has 0 fully saturated rings. The van der Waals surface area contributed by atoms with Crippen molar-refractivity contribution in [2.75, 3.05) is 5.32 Å². The van der Waals surface area contributed by atoms with Crippen LogP contribution in [0, 0.1) is 6.58 Å². The summed E-state index contributed by atoms with van der Waals surface area (Å²) in [6.45, 7) is 4.96. The predicted octanol–water partition coefficient (Wildman–Crippen LogP) is 1.32. The van der Waals surface area contributed by atoms with Gasteiger partial charge in [0.1, 0.15) is 5.75 Å². The molecule has 13 heavy (non-hydrogen) atoms. The van der Waals surface area contributed by atoms with Crippen molar-refractivity contribution in [3.8, 4) is 5.75 Å². The number of hydrogen-bond acceptors (Lipinski definition) is 2. The monoisotopic (exact) mass is 251 g/mol. The van der Waals surface area contributed by atoms with E-state index >= 15 is 0 Å². The summed E-state index contributed by atoms with van der Waals surface area (Å²) in [4.78, 5) is 10.7. The molecule has 1 rings (SSSR count). The molecule has 0 aliphatic rings. The van der Waals surface area contributed by atoms with Gasteiger partial charge in [-0.15, -0.1) is 0 Å². The molecular weight excluding hydrogens is 243 g/mol. The molecule has 0 spiro atoms. The zero-order valence-electron chi connectivity index (χ0n) is 6.90. The maximum absolute atomic E-state index is 10.7. The molecule has 65 valence electrons. The third-order valence-corrected chi connectivity index (χ3v) is 1.29. The van der Waals surface area contributed by atoms with Crippen molar-refractivity contribution in [2.24, 2.45) is 0 Å². The van der Waals surface area contributed by atoms with E-state index in [1.165, 1.54) is 12.1 Å². The van der Waals surface area contributed by atoms with E-state index in [4.69, 9.17) is 11.7 Å². The van der Waals surface area contributed by atoms with Crippen molar-refractivity contribution in [3.05, 3.63) is 36.9 Å². The Hall–Kier alpha value is -0.666. The molecule has 0 aromatic heterocycles. The molecule has 1 aromatic carbocycles. The van der Waals surface area contributed by atoms with Gasteiger partial charge in [0.25, 0.3) is 0 Å². The van der Waals surface area contributed by atoms with Crippen LogP contribution in [0.2, 0.25) is 0 Å². The smallest absolute Gasteiger partial charge is 0.115 e. The first-order valence-electron chi connectivity index (χ1n) is 3.37. The molecule has 0 saturated heterocycles. The average molecular weight is 251 g/mol. The van der Waals surface area contributed by atoms with E-state index < -0.39 is 0 Å². The Morgan fingerprint density at radius 1 is 1.38 bits per heavy atom. The molecule has 0 aliphatic heterocycles. The van der Waals surface area contributed by atoms with Crippen LogP contribution in [0.5, 0.6) is 5.75 Å². The fraction of sp³-hybridized carbons (Fsp3) is 0. The molecule has 1 amide bonds. The van der Waals surface area contributed by atoms with Gasteiger partial charge in [-0.1, -0.05) is 0 Å². The Morgan fingerprint density at radius 3 is 2.38 bits per heavy atom. The maximum Gasteiger partial charge on any atom is 0.115 e. The Labute approximate surface area is 102 Å². The van der Waals surface area contributed by atoms with Gasteiger partial charge in [0.15, 0.2) is 0 Å². The Bertz CT molecular complexity index is 295. The Kier molecular flexibility index (Phi) is 5.59. The standard InChI is InChI=1S/C9H8NO2.Y/c1-2-9(12)10-7-3-5-8(11)6-4-7;/h1-6,11H,(H,10,12);/q-1;. The maximum atomic E-state index is 10.7. The van der Waals surface area contributed by atoms with Crippen molar-refractivity contribution in [1.29, 1.82) is 0 Å². The number of carbonyl (C=O) groups excluding carboxylic acids is 1. The first-order valence-corrected chi connectivity index (χ1v) is 3.37. The summed E-state index contributed by atoms with van der Waals surface area (Å²) >= 11 is 0. The zero-order valence-corrected chi connectivity index (χ0v) is 9.74. The molecular formula is C9H8NO2Y-. The first kappa shape index (κ1) is 12.3. The van der Waals surface area contributed by atoms with E-state index in [1.54, 1.807) is 12.1 Å². The van der Waals surface area contributed by atoms with Gasteiger partial charge in [-0.05, 0) is 24.3 Å². The van der Waals surface area contributed by atoms with Crippen molar-refractivity contribution < 1.29 is 42.6 Å². The van der Waals surface area contributed by atoms with E-state index in [0.29, 0.717) is 5.69 Å². The van der Waals surface area contributed by atoms with Crippen molar-refractivity contribution in [2.45, 2.75) is 0 Å². The quantitative estimate of drug-likeness (QED) is 0.473. The minimum absolute atomic E-state index is 0. The number of hydrogen-bond donors (Lipinski definition) is 2. The van der Waals surface area contributed by atoms with Crippen LogP contribution in [0.15, 0.2) is 30.3 Å². The minimum atomic E-state index is -0.374. The van der Waals surface area contributed by atoms with Crippen LogP contribution in [-0.4, -0.2) is 11.0 Å². The summed E-state index contributed by atoms with van der Waals surface area (Å²) in [6, 6.07) is 6.12. The normalized spacial score (nSPS) is 8.31. The van der Waals surface area contributed by atoms with Gasteiger partial charge in [-0.3, -0.25) is 6.58 Å². The molecule has 0 bridgehead atoms. The van der Waals surface area contributed by atoms with Crippen LogP contribution < -0.4 is 5.32 Å². The summed E-state index contributed by atoms with van der Waals surface area (Å²) in [5.74, 6) is -0.217. The molecule has 0 unspecified atom stereocenters. The minimum Gasteiger partial charge on any atom is -0.508 e. The van der Waals surface area contributed by atoms with Gasteiger partial charge in [-0.25, -0.2) is 0 Å². The SMILES string of the molecule is [CH-]=CC(=O)Nc1ccc(O)cc1.[Y]. The van der Waals surface area contributed by atoms with Gasteiger partial charge in [0.05, 0.1) is 5.91 Å². The predicted molar refractivity (Wildman–Crippen MR) is 45.6 cm³/mol. The van der Waals surface area contributed by atoms with Gasteiger partial charge >= 0.3 is 0 Å². The fourth-order valence-electron chi connectivity index (χ4n) is 0.729. The summed E-state index contributed by atoms with van der Waals surface area (Å²) in [6.07, 6.45) is 0.937. The molecule has 0 saturated carbocycles.